The van der Waals surface area contributed by atoms with Crippen molar-refractivity contribution in [2.24, 2.45) is 17.6 Å². The van der Waals surface area contributed by atoms with E-state index < -0.39 is 29.7 Å². The predicted molar refractivity (Wildman–Crippen MR) is 109 cm³/mol. The number of nitrogens with one attached hydrogen (secondary N) is 1. The summed E-state index contributed by atoms with van der Waals surface area (Å²) in [7, 11) is 0. The maximum Gasteiger partial charge on any atom is 0.408 e. The number of alkyl carbamates (subject to hydrolysis) is 1. The molecule has 0 aromatic rings. The number of esters is 1. The lowest BCUT2D eigenvalue weighted by Crippen LogP contribution is -2.45. The Hall–Kier alpha value is -1.83. The van der Waals surface area contributed by atoms with E-state index in [9.17, 15) is 14.4 Å². The second kappa shape index (κ2) is 12.0. The van der Waals surface area contributed by atoms with Crippen LogP contribution in [0, 0.1) is 11.8 Å². The normalized spacial score (nSPS) is 18.8. The summed E-state index contributed by atoms with van der Waals surface area (Å²) >= 11 is 0. The molecule has 2 aliphatic carbocycles. The summed E-state index contributed by atoms with van der Waals surface area (Å²) in [4.78, 5) is 33.5. The highest BCUT2D eigenvalue weighted by molar-refractivity contribution is 5.80. The Bertz CT molecular complexity index is 538. The highest BCUT2D eigenvalue weighted by Gasteiger charge is 2.29. The second-order valence-electron chi connectivity index (χ2n) is 8.96. The lowest BCUT2D eigenvalue weighted by Gasteiger charge is -2.29. The third-order valence-corrected chi connectivity index (χ3v) is 5.18. The fourth-order valence-electron chi connectivity index (χ4n) is 3.17. The van der Waals surface area contributed by atoms with Crippen LogP contribution >= 0.6 is 0 Å². The number of rotatable bonds is 8. The first kappa shape index (κ1) is 25.2. The van der Waals surface area contributed by atoms with Crippen LogP contribution in [0.25, 0.3) is 0 Å². The summed E-state index contributed by atoms with van der Waals surface area (Å²) in [6, 6.07) is -1.23. The maximum atomic E-state index is 11.5. The van der Waals surface area contributed by atoms with Gasteiger partial charge in [-0.15, -0.1) is 0 Å². The minimum atomic E-state index is -0.997. The number of amides is 1. The van der Waals surface area contributed by atoms with Crippen molar-refractivity contribution in [3.05, 3.63) is 0 Å². The topological polar surface area (TPSA) is 128 Å². The Morgan fingerprint density at radius 3 is 1.97 bits per heavy atom. The average Bonchev–Trinajstić information content (AvgIpc) is 2.51. The molecule has 0 bridgehead atoms. The number of ether oxygens (including phenoxy) is 2. The molecule has 2 fully saturated rings. The first-order chi connectivity index (χ1) is 13.5. The van der Waals surface area contributed by atoms with Crippen LogP contribution < -0.4 is 11.1 Å². The summed E-state index contributed by atoms with van der Waals surface area (Å²) in [6.07, 6.45) is 7.65. The van der Waals surface area contributed by atoms with E-state index in [4.69, 9.17) is 20.3 Å². The van der Waals surface area contributed by atoms with Crippen molar-refractivity contribution < 1.29 is 29.0 Å². The number of hydrogen-bond acceptors (Lipinski definition) is 6. The van der Waals surface area contributed by atoms with Gasteiger partial charge in [0.2, 0.25) is 0 Å². The Morgan fingerprint density at radius 2 is 1.59 bits per heavy atom. The first-order valence-corrected chi connectivity index (χ1v) is 10.7. The summed E-state index contributed by atoms with van der Waals surface area (Å²) in [6.45, 7) is 7.46. The molecule has 2 aliphatic rings. The van der Waals surface area contributed by atoms with Gasteiger partial charge in [-0.1, -0.05) is 38.5 Å². The number of carboxylic acids is 1. The van der Waals surface area contributed by atoms with E-state index in [0.29, 0.717) is 24.9 Å². The number of hydrogen-bond donors (Lipinski definition) is 3. The molecule has 8 heteroatoms. The van der Waals surface area contributed by atoms with Gasteiger partial charge in [0.25, 0.3) is 0 Å². The van der Waals surface area contributed by atoms with Gasteiger partial charge in [-0.2, -0.15) is 0 Å². The molecule has 2 unspecified atom stereocenters. The highest BCUT2D eigenvalue weighted by Crippen LogP contribution is 2.31. The molecule has 0 aliphatic heterocycles. The largest absolute Gasteiger partial charge is 0.480 e. The van der Waals surface area contributed by atoms with Gasteiger partial charge >= 0.3 is 18.0 Å². The molecule has 0 aromatic heterocycles. The van der Waals surface area contributed by atoms with Crippen LogP contribution in [0.5, 0.6) is 0 Å². The third kappa shape index (κ3) is 10.5. The molecule has 1 amide bonds. The van der Waals surface area contributed by atoms with Crippen LogP contribution in [-0.4, -0.2) is 47.4 Å². The fourth-order valence-corrected chi connectivity index (χ4v) is 3.17. The molecule has 0 radical (unpaired) electrons. The minimum Gasteiger partial charge on any atom is -0.480 e. The van der Waals surface area contributed by atoms with Crippen LogP contribution in [0.1, 0.15) is 79.1 Å². The number of carboxylic acid groups (broad SMARTS) is 1. The molecule has 2 saturated carbocycles. The van der Waals surface area contributed by atoms with Crippen LogP contribution in [-0.2, 0) is 19.1 Å². The number of carbonyl (C=O) groups excluding carboxylic acids is 2. The molecular weight excluding hydrogens is 376 g/mol. The molecule has 8 nitrogen and oxygen atoms in total. The molecule has 4 N–H and O–H groups in total. The molecule has 0 heterocycles. The summed E-state index contributed by atoms with van der Waals surface area (Å²) in [5.41, 5.74) is 5.03. The van der Waals surface area contributed by atoms with E-state index in [-0.39, 0.29) is 5.97 Å². The first-order valence-electron chi connectivity index (χ1n) is 10.7. The third-order valence-electron chi connectivity index (χ3n) is 5.18. The molecule has 29 heavy (non-hydrogen) atoms. The van der Waals surface area contributed by atoms with Gasteiger partial charge < -0.3 is 25.6 Å². The number of carbonyl (C=O) groups is 3. The SMILES string of the molecule is CC(C)(C)OC(=O)NC(CC1CCC1)C(=O)O.CCOC(=O)C(N)CC1CCC1. The van der Waals surface area contributed by atoms with Crippen LogP contribution in [0.15, 0.2) is 0 Å². The molecular formula is C21H38N2O6. The monoisotopic (exact) mass is 414 g/mol. The highest BCUT2D eigenvalue weighted by atomic mass is 16.6. The quantitative estimate of drug-likeness (QED) is 0.520. The number of aliphatic carboxylic acids is 1. The van der Waals surface area contributed by atoms with Crippen molar-refractivity contribution in [2.75, 3.05) is 6.61 Å². The molecule has 2 atom stereocenters. The van der Waals surface area contributed by atoms with Crippen LogP contribution in [0.4, 0.5) is 4.79 Å². The van der Waals surface area contributed by atoms with Gasteiger partial charge in [-0.05, 0) is 52.4 Å². The molecule has 0 saturated heterocycles. The van der Waals surface area contributed by atoms with Gasteiger partial charge in [-0.25, -0.2) is 9.59 Å². The van der Waals surface area contributed by atoms with Gasteiger partial charge in [-0.3, -0.25) is 4.79 Å². The maximum absolute atomic E-state index is 11.5. The molecule has 2 rings (SSSR count). The zero-order chi connectivity index (χ0) is 22.0. The van der Waals surface area contributed by atoms with Crippen molar-refractivity contribution >= 4 is 18.0 Å². The van der Waals surface area contributed by atoms with E-state index in [1.807, 2.05) is 0 Å². The van der Waals surface area contributed by atoms with Crippen molar-refractivity contribution in [1.29, 1.82) is 0 Å². The minimum absolute atomic E-state index is 0.246. The lowest BCUT2D eigenvalue weighted by molar-refractivity contribution is -0.145. The van der Waals surface area contributed by atoms with E-state index in [1.165, 1.54) is 19.3 Å². The predicted octanol–water partition coefficient (Wildman–Crippen LogP) is 3.22. The Kier molecular flexibility index (Phi) is 10.4. The summed E-state index contributed by atoms with van der Waals surface area (Å²) < 4.78 is 9.85. The zero-order valence-electron chi connectivity index (χ0n) is 18.2. The van der Waals surface area contributed by atoms with E-state index in [2.05, 4.69) is 5.32 Å². The average molecular weight is 415 g/mol. The van der Waals surface area contributed by atoms with E-state index in [1.54, 1.807) is 27.7 Å². The summed E-state index contributed by atoms with van der Waals surface area (Å²) in [5.74, 6) is -0.150. The van der Waals surface area contributed by atoms with Gasteiger partial charge in [0.05, 0.1) is 6.61 Å². The van der Waals surface area contributed by atoms with Crippen molar-refractivity contribution in [1.82, 2.24) is 5.32 Å². The summed E-state index contributed by atoms with van der Waals surface area (Å²) in [5, 5.41) is 11.4. The van der Waals surface area contributed by atoms with E-state index in [0.717, 1.165) is 25.7 Å². The Morgan fingerprint density at radius 1 is 1.07 bits per heavy atom. The number of nitrogens with two attached hydrogens (primary N) is 1. The van der Waals surface area contributed by atoms with Gasteiger partial charge in [0, 0.05) is 0 Å². The Labute approximate surface area is 173 Å². The zero-order valence-corrected chi connectivity index (χ0v) is 18.2. The van der Waals surface area contributed by atoms with Gasteiger partial charge in [0.15, 0.2) is 0 Å². The fraction of sp³-hybridized carbons (Fsp3) is 0.857. The lowest BCUT2D eigenvalue weighted by atomic mass is 9.81. The molecule has 168 valence electrons. The van der Waals surface area contributed by atoms with Crippen molar-refractivity contribution in [3.8, 4) is 0 Å². The second-order valence-corrected chi connectivity index (χ2v) is 8.96. The van der Waals surface area contributed by atoms with Gasteiger partial charge in [0.1, 0.15) is 17.7 Å². The standard InChI is InChI=1S/C12H21NO4.C9H17NO2/c1-12(2,3)17-11(16)13-9(10(14)15)7-8-5-4-6-8;1-2-12-9(11)8(10)6-7-4-3-5-7/h8-9H,4-7H2,1-3H3,(H,13,16)(H,14,15);7-8H,2-6,10H2,1H3. The van der Waals surface area contributed by atoms with E-state index >= 15 is 0 Å². The van der Waals surface area contributed by atoms with Crippen LogP contribution in [0.2, 0.25) is 0 Å². The molecule has 0 spiro atoms. The van der Waals surface area contributed by atoms with Crippen LogP contribution in [0.3, 0.4) is 0 Å². The van der Waals surface area contributed by atoms with Crippen molar-refractivity contribution in [2.45, 2.75) is 96.7 Å². The molecule has 0 aromatic carbocycles. The van der Waals surface area contributed by atoms with Crippen molar-refractivity contribution in [3.63, 3.8) is 0 Å². The Balaban J connectivity index is 0.000000308. The smallest absolute Gasteiger partial charge is 0.408 e.